The first-order valence-electron chi connectivity index (χ1n) is 9.78. The van der Waals surface area contributed by atoms with Gasteiger partial charge in [0.2, 0.25) is 5.60 Å². The quantitative estimate of drug-likeness (QED) is 0.806. The normalized spacial score (nSPS) is 26.9. The standard InChI is InChI=1S/C23H25NO4/c1-24-18-12-13-19(24)15-23(14-18,22(26)27)28-21(25)20(16-8-4-2-5-9-16)17-10-6-3-7-11-17/h2-11,18-20H,12-15H2,1H3,(H,26,27)/t18-,19+,23?. The van der Waals surface area contributed by atoms with Crippen LogP contribution in [0.15, 0.2) is 60.7 Å². The molecule has 5 nitrogen and oxygen atoms in total. The van der Waals surface area contributed by atoms with Gasteiger partial charge in [-0.25, -0.2) is 4.79 Å². The number of ether oxygens (including phenoxy) is 1. The SMILES string of the molecule is CN1[C@@H]2CC[C@H]1CC(OC(=O)C(c1ccccc1)c1ccccc1)(C(=O)O)C2. The number of esters is 1. The third kappa shape index (κ3) is 3.31. The number of piperidine rings is 1. The number of carboxylic acids is 1. The predicted octanol–water partition coefficient (Wildman–Crippen LogP) is 3.44. The number of rotatable bonds is 5. The molecule has 2 aliphatic rings. The minimum Gasteiger partial charge on any atom is -0.478 e. The topological polar surface area (TPSA) is 66.8 Å². The Hall–Kier alpha value is -2.66. The van der Waals surface area contributed by atoms with Crippen molar-refractivity contribution in [1.82, 2.24) is 4.90 Å². The van der Waals surface area contributed by atoms with Gasteiger partial charge in [-0.1, -0.05) is 60.7 Å². The lowest BCUT2D eigenvalue weighted by molar-refractivity contribution is -0.187. The molecule has 1 N–H and O–H groups in total. The van der Waals surface area contributed by atoms with Gasteiger partial charge in [-0.15, -0.1) is 0 Å². The van der Waals surface area contributed by atoms with Gasteiger partial charge in [0.1, 0.15) is 5.92 Å². The highest BCUT2D eigenvalue weighted by Crippen LogP contribution is 2.43. The van der Waals surface area contributed by atoms with E-state index >= 15 is 0 Å². The second-order valence-corrected chi connectivity index (χ2v) is 7.93. The highest BCUT2D eigenvalue weighted by Gasteiger charge is 2.54. The van der Waals surface area contributed by atoms with Crippen LogP contribution in [-0.2, 0) is 14.3 Å². The van der Waals surface area contributed by atoms with Crippen LogP contribution in [0.25, 0.3) is 0 Å². The lowest BCUT2D eigenvalue weighted by atomic mass is 9.85. The van der Waals surface area contributed by atoms with Gasteiger partial charge in [0.05, 0.1) is 0 Å². The van der Waals surface area contributed by atoms with E-state index in [9.17, 15) is 14.7 Å². The summed E-state index contributed by atoms with van der Waals surface area (Å²) >= 11 is 0. The van der Waals surface area contributed by atoms with Gasteiger partial charge in [0.25, 0.3) is 0 Å². The van der Waals surface area contributed by atoms with E-state index < -0.39 is 23.5 Å². The number of carboxylic acid groups (broad SMARTS) is 1. The molecule has 2 fully saturated rings. The number of hydrogen-bond donors (Lipinski definition) is 1. The molecule has 5 heteroatoms. The minimum absolute atomic E-state index is 0.148. The van der Waals surface area contributed by atoms with Crippen LogP contribution in [0.3, 0.4) is 0 Å². The highest BCUT2D eigenvalue weighted by atomic mass is 16.6. The van der Waals surface area contributed by atoms with Crippen molar-refractivity contribution in [3.63, 3.8) is 0 Å². The fraction of sp³-hybridized carbons (Fsp3) is 0.391. The number of nitrogens with zero attached hydrogens (tertiary/aromatic N) is 1. The summed E-state index contributed by atoms with van der Waals surface area (Å²) in [5.41, 5.74) is 0.155. The molecule has 0 aliphatic carbocycles. The van der Waals surface area contributed by atoms with Gasteiger partial charge in [0.15, 0.2) is 0 Å². The molecular weight excluding hydrogens is 354 g/mol. The molecule has 0 saturated carbocycles. The zero-order valence-corrected chi connectivity index (χ0v) is 16.0. The average Bonchev–Trinajstić information content (AvgIpc) is 2.91. The van der Waals surface area contributed by atoms with Gasteiger partial charge >= 0.3 is 11.9 Å². The molecule has 146 valence electrons. The van der Waals surface area contributed by atoms with Crippen LogP contribution < -0.4 is 0 Å². The van der Waals surface area contributed by atoms with Crippen LogP contribution in [0, 0.1) is 0 Å². The molecule has 0 radical (unpaired) electrons. The molecule has 2 heterocycles. The second-order valence-electron chi connectivity index (χ2n) is 7.93. The van der Waals surface area contributed by atoms with Crippen LogP contribution in [0.2, 0.25) is 0 Å². The Morgan fingerprint density at radius 1 is 0.964 bits per heavy atom. The van der Waals surface area contributed by atoms with Crippen LogP contribution in [0.4, 0.5) is 0 Å². The van der Waals surface area contributed by atoms with Gasteiger partial charge in [-0.05, 0) is 31.0 Å². The molecule has 0 amide bonds. The van der Waals surface area contributed by atoms with Gasteiger partial charge < -0.3 is 14.7 Å². The second kappa shape index (κ2) is 7.40. The number of hydrogen-bond acceptors (Lipinski definition) is 4. The summed E-state index contributed by atoms with van der Waals surface area (Å²) in [5, 5.41) is 10.0. The maximum Gasteiger partial charge on any atom is 0.348 e. The zero-order chi connectivity index (χ0) is 19.7. The van der Waals surface area contributed by atoms with E-state index in [1.807, 2.05) is 67.7 Å². The Morgan fingerprint density at radius 3 is 1.86 bits per heavy atom. The summed E-state index contributed by atoms with van der Waals surface area (Å²) in [4.78, 5) is 27.8. The number of benzene rings is 2. The van der Waals surface area contributed by atoms with Crippen molar-refractivity contribution >= 4 is 11.9 Å². The van der Waals surface area contributed by atoms with Crippen LogP contribution in [0.5, 0.6) is 0 Å². The van der Waals surface area contributed by atoms with Crippen LogP contribution in [-0.4, -0.2) is 46.7 Å². The van der Waals surface area contributed by atoms with Crippen molar-refractivity contribution in [2.75, 3.05) is 7.05 Å². The Morgan fingerprint density at radius 2 is 1.43 bits per heavy atom. The van der Waals surface area contributed by atoms with Gasteiger partial charge in [0, 0.05) is 24.9 Å². The number of carbonyl (C=O) groups is 2. The summed E-state index contributed by atoms with van der Waals surface area (Å²) in [6, 6.07) is 19.1. The molecule has 2 saturated heterocycles. The molecule has 0 spiro atoms. The molecule has 4 rings (SSSR count). The number of aliphatic carboxylic acids is 1. The Balaban J connectivity index is 1.66. The van der Waals surface area contributed by atoms with Crippen molar-refractivity contribution in [3.8, 4) is 0 Å². The first-order chi connectivity index (χ1) is 13.5. The fourth-order valence-electron chi connectivity index (χ4n) is 4.74. The van der Waals surface area contributed by atoms with E-state index in [2.05, 4.69) is 4.90 Å². The van der Waals surface area contributed by atoms with E-state index in [0.29, 0.717) is 12.8 Å². The zero-order valence-electron chi connectivity index (χ0n) is 16.0. The lowest BCUT2D eigenvalue weighted by Crippen LogP contribution is -2.56. The lowest BCUT2D eigenvalue weighted by Gasteiger charge is -2.42. The molecule has 2 aromatic carbocycles. The van der Waals surface area contributed by atoms with Gasteiger partial charge in [-0.2, -0.15) is 0 Å². The predicted molar refractivity (Wildman–Crippen MR) is 105 cm³/mol. The molecular formula is C23H25NO4. The van der Waals surface area contributed by atoms with Crippen LogP contribution in [0.1, 0.15) is 42.7 Å². The summed E-state index contributed by atoms with van der Waals surface area (Å²) < 4.78 is 5.88. The Bertz CT molecular complexity index is 798. The van der Waals surface area contributed by atoms with Crippen molar-refractivity contribution in [2.45, 2.75) is 49.3 Å². The van der Waals surface area contributed by atoms with Gasteiger partial charge in [-0.3, -0.25) is 4.79 Å². The maximum atomic E-state index is 13.3. The molecule has 2 bridgehead atoms. The third-order valence-electron chi connectivity index (χ3n) is 6.30. The van der Waals surface area contributed by atoms with E-state index in [0.717, 1.165) is 24.0 Å². The third-order valence-corrected chi connectivity index (χ3v) is 6.30. The Kier molecular flexibility index (Phi) is 4.94. The summed E-state index contributed by atoms with van der Waals surface area (Å²) in [6.45, 7) is 0. The minimum atomic E-state index is -1.45. The summed E-state index contributed by atoms with van der Waals surface area (Å²) in [6.07, 6.45) is 2.60. The molecule has 1 unspecified atom stereocenters. The Labute approximate surface area is 164 Å². The van der Waals surface area contributed by atoms with E-state index in [1.165, 1.54) is 0 Å². The number of fused-ring (bicyclic) bond motifs is 2. The average molecular weight is 379 g/mol. The van der Waals surface area contributed by atoms with E-state index in [1.54, 1.807) is 0 Å². The summed E-state index contributed by atoms with van der Waals surface area (Å²) in [7, 11) is 2.03. The molecule has 0 aromatic heterocycles. The summed E-state index contributed by atoms with van der Waals surface area (Å²) in [5.74, 6) is -2.18. The molecule has 2 aromatic rings. The monoisotopic (exact) mass is 379 g/mol. The van der Waals surface area contributed by atoms with E-state index in [4.69, 9.17) is 4.74 Å². The highest BCUT2D eigenvalue weighted by molar-refractivity contribution is 5.87. The first kappa shape index (κ1) is 18.7. The van der Waals surface area contributed by atoms with Crippen molar-refractivity contribution < 1.29 is 19.4 Å². The first-order valence-corrected chi connectivity index (χ1v) is 9.78. The van der Waals surface area contributed by atoms with Crippen LogP contribution >= 0.6 is 0 Å². The van der Waals surface area contributed by atoms with Crippen molar-refractivity contribution in [2.24, 2.45) is 0 Å². The van der Waals surface area contributed by atoms with Crippen molar-refractivity contribution in [1.29, 1.82) is 0 Å². The molecule has 28 heavy (non-hydrogen) atoms. The smallest absolute Gasteiger partial charge is 0.348 e. The van der Waals surface area contributed by atoms with Crippen molar-refractivity contribution in [3.05, 3.63) is 71.8 Å². The molecule has 2 aliphatic heterocycles. The molecule has 3 atom stereocenters. The van der Waals surface area contributed by atoms with E-state index in [-0.39, 0.29) is 12.1 Å². The number of carbonyl (C=O) groups excluding carboxylic acids is 1. The maximum absolute atomic E-state index is 13.3. The largest absolute Gasteiger partial charge is 0.478 e. The fourth-order valence-corrected chi connectivity index (χ4v) is 4.74.